The number of hydrogen-bond donors (Lipinski definition) is 2. The van der Waals surface area contributed by atoms with E-state index in [1.165, 1.54) is 50.3 Å². The Balaban J connectivity index is 1.38. The number of carbonyl (C=O) groups excluding carboxylic acids is 7. The lowest BCUT2D eigenvalue weighted by Gasteiger charge is -2.65. The number of alkyl halides is 3. The molecule has 1 heterocycles. The molecule has 71 heavy (non-hydrogen) atoms. The van der Waals surface area contributed by atoms with Crippen LogP contribution in [0.2, 0.25) is 0 Å². The maximum absolute atomic E-state index is 15.6. The molecule has 0 radical (unpaired) electrons. The van der Waals surface area contributed by atoms with E-state index in [1.807, 2.05) is 0 Å². The molecule has 10 atom stereocenters. The summed E-state index contributed by atoms with van der Waals surface area (Å²) in [6.07, 6.45) is -8.52. The normalized spacial score (nSPS) is 28.1. The summed E-state index contributed by atoms with van der Waals surface area (Å²) in [5, 5.41) is 16.5. The number of ether oxygens (including phenoxy) is 8. The van der Waals surface area contributed by atoms with E-state index in [9.17, 15) is 29.1 Å². The highest BCUT2D eigenvalue weighted by Gasteiger charge is 2.75. The van der Waals surface area contributed by atoms with Gasteiger partial charge in [0.2, 0.25) is 9.90 Å². The standard InChI is InChI=1S/C51H52Cl3NO16/c1-28-34(68-44(60)39(69-46(62)66-27-51(52,53)54)37(32-18-12-8-13-19-32)55-45(61)64-25-31-16-10-7-11-17-31)24-50(63)42(70-43(59)33-20-14-9-15-21-33)40-48(6,23-22-35-49(40,26-65-35)71-30(3)57)41(58)38(67-29(2)56)36(28)47(50,4)5/h7-23,34-35,37-40,42,63H,24-27H2,1-6H3,(H,55,61)/t34-,35+,37-,38+,39+,40-,42-,48+,49-,50+/m0/s1. The van der Waals surface area contributed by atoms with Crippen LogP contribution in [0.1, 0.15) is 75.5 Å². The molecule has 2 bridgehead atoms. The Bertz CT molecular complexity index is 2610. The van der Waals surface area contributed by atoms with Crippen LogP contribution in [0.25, 0.3) is 0 Å². The lowest BCUT2D eigenvalue weighted by atomic mass is 9.46. The van der Waals surface area contributed by atoms with Crippen LogP contribution in [0.3, 0.4) is 0 Å². The topological polar surface area (TPSA) is 226 Å². The van der Waals surface area contributed by atoms with Crippen molar-refractivity contribution in [2.75, 3.05) is 13.2 Å². The number of allylic oxidation sites excluding steroid dienone is 1. The third-order valence-corrected chi connectivity index (χ3v) is 13.9. The second-order valence-electron chi connectivity index (χ2n) is 18.5. The summed E-state index contributed by atoms with van der Waals surface area (Å²) in [6, 6.07) is 22.8. The van der Waals surface area contributed by atoms with Crippen LogP contribution in [0.4, 0.5) is 9.59 Å². The van der Waals surface area contributed by atoms with Gasteiger partial charge in [0, 0.05) is 25.7 Å². The number of alkyl carbamates (subject to hydrolysis) is 1. The van der Waals surface area contributed by atoms with E-state index in [2.05, 4.69) is 5.32 Å². The zero-order valence-corrected chi connectivity index (χ0v) is 41.7. The van der Waals surface area contributed by atoms with Crippen LogP contribution in [-0.2, 0) is 63.7 Å². The van der Waals surface area contributed by atoms with E-state index in [0.29, 0.717) is 5.56 Å². The fourth-order valence-corrected chi connectivity index (χ4v) is 10.4. The highest BCUT2D eigenvalue weighted by molar-refractivity contribution is 6.67. The van der Waals surface area contributed by atoms with Crippen molar-refractivity contribution in [2.45, 2.75) is 106 Å². The zero-order chi connectivity index (χ0) is 51.7. The summed E-state index contributed by atoms with van der Waals surface area (Å²) >= 11 is 17.6. The molecular formula is C51H52Cl3NO16. The van der Waals surface area contributed by atoms with E-state index < -0.39 is 123 Å². The Morgan fingerprint density at radius 1 is 0.845 bits per heavy atom. The Hall–Kier alpha value is -5.98. The van der Waals surface area contributed by atoms with E-state index in [-0.39, 0.29) is 35.5 Å². The molecule has 4 aliphatic rings. The average Bonchev–Trinajstić information content (AvgIpc) is 3.31. The Kier molecular flexibility index (Phi) is 15.4. The van der Waals surface area contributed by atoms with Gasteiger partial charge >= 0.3 is 36.1 Å². The van der Waals surface area contributed by atoms with Gasteiger partial charge in [-0.2, -0.15) is 0 Å². The maximum Gasteiger partial charge on any atom is 0.509 e. The summed E-state index contributed by atoms with van der Waals surface area (Å²) in [5.41, 5.74) is -6.74. The van der Waals surface area contributed by atoms with Gasteiger partial charge in [0.25, 0.3) is 0 Å². The molecule has 0 aromatic heterocycles. The van der Waals surface area contributed by atoms with Crippen molar-refractivity contribution >= 4 is 76.7 Å². The molecule has 2 N–H and O–H groups in total. The first-order valence-corrected chi connectivity index (χ1v) is 23.6. The van der Waals surface area contributed by atoms with Crippen molar-refractivity contribution in [1.82, 2.24) is 5.32 Å². The Morgan fingerprint density at radius 2 is 1.46 bits per heavy atom. The number of aliphatic hydroxyl groups is 1. The van der Waals surface area contributed by atoms with E-state index in [0.717, 1.165) is 13.8 Å². The monoisotopic (exact) mass is 1040 g/mol. The van der Waals surface area contributed by atoms with E-state index in [4.69, 9.17) is 72.7 Å². The number of halogens is 3. The van der Waals surface area contributed by atoms with Crippen molar-refractivity contribution in [1.29, 1.82) is 0 Å². The third kappa shape index (κ3) is 10.7. The molecule has 378 valence electrons. The second-order valence-corrected chi connectivity index (χ2v) is 21.0. The summed E-state index contributed by atoms with van der Waals surface area (Å²) < 4.78 is 44.7. The zero-order valence-electron chi connectivity index (χ0n) is 39.4. The number of hydrogen-bond acceptors (Lipinski definition) is 16. The molecule has 3 aromatic rings. The predicted molar refractivity (Wildman–Crippen MR) is 253 cm³/mol. The number of ketones is 1. The van der Waals surface area contributed by atoms with Gasteiger partial charge in [-0.25, -0.2) is 19.2 Å². The van der Waals surface area contributed by atoms with Gasteiger partial charge in [0.1, 0.15) is 43.2 Å². The van der Waals surface area contributed by atoms with Crippen molar-refractivity contribution in [3.63, 3.8) is 0 Å². The molecule has 20 heteroatoms. The Morgan fingerprint density at radius 3 is 2.04 bits per heavy atom. The first kappa shape index (κ1) is 52.8. The molecule has 1 saturated heterocycles. The van der Waals surface area contributed by atoms with Crippen molar-refractivity contribution < 1.29 is 76.6 Å². The van der Waals surface area contributed by atoms with Crippen LogP contribution in [0.5, 0.6) is 0 Å². The van der Waals surface area contributed by atoms with Crippen LogP contribution in [-0.4, -0.2) is 106 Å². The first-order valence-electron chi connectivity index (χ1n) is 22.5. The van der Waals surface area contributed by atoms with Gasteiger partial charge < -0.3 is 48.3 Å². The van der Waals surface area contributed by atoms with Crippen LogP contribution in [0, 0.1) is 16.7 Å². The molecular weight excluding hydrogens is 989 g/mol. The van der Waals surface area contributed by atoms with E-state index >= 15 is 9.59 Å². The molecule has 0 spiro atoms. The Labute approximate surface area is 423 Å². The number of nitrogens with one attached hydrogen (secondary N) is 1. The van der Waals surface area contributed by atoms with Crippen LogP contribution < -0.4 is 5.32 Å². The lowest BCUT2D eigenvalue weighted by molar-refractivity contribution is -0.306. The summed E-state index contributed by atoms with van der Waals surface area (Å²) in [5.74, 6) is -6.18. The van der Waals surface area contributed by atoms with Gasteiger partial charge in [-0.3, -0.25) is 14.4 Å². The fourth-order valence-electron chi connectivity index (χ4n) is 10.2. The smallest absolute Gasteiger partial charge is 0.455 e. The van der Waals surface area contributed by atoms with Crippen molar-refractivity contribution in [2.24, 2.45) is 16.7 Å². The van der Waals surface area contributed by atoms with E-state index in [1.54, 1.807) is 80.6 Å². The summed E-state index contributed by atoms with van der Waals surface area (Å²) in [4.78, 5) is 98.3. The molecule has 3 aliphatic carbocycles. The fraction of sp³-hybridized carbons (Fsp3) is 0.431. The number of Topliss-reactive ketones (excluding diaryl/α,β-unsaturated/α-hetero) is 1. The number of carbonyl (C=O) groups is 7. The minimum absolute atomic E-state index is 0.0200. The van der Waals surface area contributed by atoms with Gasteiger partial charge in [-0.1, -0.05) is 140 Å². The van der Waals surface area contributed by atoms with Crippen molar-refractivity contribution in [3.05, 3.63) is 131 Å². The quantitative estimate of drug-likeness (QED) is 0.0729. The van der Waals surface area contributed by atoms with Gasteiger partial charge in [0.05, 0.1) is 23.5 Å². The third-order valence-electron chi connectivity index (χ3n) is 13.6. The molecule has 1 amide bonds. The molecule has 17 nitrogen and oxygen atoms in total. The molecule has 2 fully saturated rings. The SMILES string of the molecule is CC(=O)O[C@H]1C(=O)[C@]2(C)C=C[C@H]3OC[C@@]3(OC(C)=O)[C@H]2[C@H](OC(=O)c2ccccc2)[C@]2(O)C[C@H](OC(=O)[C@H](OC(=O)OCC(Cl)(Cl)Cl)[C@@H](NC(=O)OCc3ccccc3)c3ccccc3)C(C)=C1C2(C)C. The molecule has 1 saturated carbocycles. The second kappa shape index (κ2) is 20.6. The number of rotatable bonds is 13. The molecule has 7 rings (SSSR count). The number of benzene rings is 3. The van der Waals surface area contributed by atoms with Gasteiger partial charge in [-0.15, -0.1) is 0 Å². The lowest BCUT2D eigenvalue weighted by Crippen LogP contribution is -2.78. The molecule has 1 aliphatic heterocycles. The van der Waals surface area contributed by atoms with Crippen molar-refractivity contribution in [3.8, 4) is 0 Å². The average molecular weight is 1040 g/mol. The number of amides is 1. The van der Waals surface area contributed by atoms with Crippen LogP contribution in [0.15, 0.2) is 114 Å². The maximum atomic E-state index is 15.6. The molecule has 3 aromatic carbocycles. The molecule has 0 unspecified atom stereocenters. The number of fused-ring (bicyclic) bond motifs is 5. The largest absolute Gasteiger partial charge is 0.509 e. The highest BCUT2D eigenvalue weighted by atomic mass is 35.6. The number of esters is 4. The van der Waals surface area contributed by atoms with Crippen LogP contribution >= 0.6 is 34.8 Å². The first-order chi connectivity index (χ1) is 33.4. The minimum atomic E-state index is -2.43. The van der Waals surface area contributed by atoms with Gasteiger partial charge in [0.15, 0.2) is 17.5 Å². The minimum Gasteiger partial charge on any atom is -0.455 e. The highest BCUT2D eigenvalue weighted by Crippen LogP contribution is 2.63. The summed E-state index contributed by atoms with van der Waals surface area (Å²) in [7, 11) is 0. The summed E-state index contributed by atoms with van der Waals surface area (Å²) in [6.45, 7) is 7.01. The van der Waals surface area contributed by atoms with Gasteiger partial charge in [-0.05, 0) is 48.3 Å². The predicted octanol–water partition coefficient (Wildman–Crippen LogP) is 7.57.